The van der Waals surface area contributed by atoms with E-state index < -0.39 is 5.91 Å². The monoisotopic (exact) mass is 328 g/mol. The number of anilines is 3. The molecule has 0 saturated carbocycles. The molecule has 0 radical (unpaired) electrons. The van der Waals surface area contributed by atoms with E-state index in [4.69, 9.17) is 11.5 Å². The summed E-state index contributed by atoms with van der Waals surface area (Å²) in [6.07, 6.45) is 1.44. The summed E-state index contributed by atoms with van der Waals surface area (Å²) in [6.45, 7) is 2.54. The fraction of sp³-hybridized carbons (Fsp3) is 0.353. The molecule has 0 saturated heterocycles. The minimum absolute atomic E-state index is 0.140. The van der Waals surface area contributed by atoms with Gasteiger partial charge in [-0.3, -0.25) is 4.79 Å². The molecule has 0 atom stereocenters. The van der Waals surface area contributed by atoms with Crippen molar-refractivity contribution in [3.8, 4) is 0 Å². The number of amides is 1. The summed E-state index contributed by atoms with van der Waals surface area (Å²) < 4.78 is 0. The average molecular weight is 328 g/mol. The molecule has 2 aromatic rings. The number of carbonyl (C=O) groups excluding carboxylic acids is 1. The number of nitrogens with two attached hydrogens (primary N) is 2. The predicted octanol–water partition coefficient (Wildman–Crippen LogP) is 1.45. The Bertz CT molecular complexity index is 729. The van der Waals surface area contributed by atoms with Gasteiger partial charge in [0.1, 0.15) is 0 Å². The first-order chi connectivity index (χ1) is 11.5. The summed E-state index contributed by atoms with van der Waals surface area (Å²) in [7, 11) is 3.78. The molecule has 0 aliphatic rings. The van der Waals surface area contributed by atoms with E-state index in [1.807, 2.05) is 50.2 Å². The molecular weight excluding hydrogens is 304 g/mol. The van der Waals surface area contributed by atoms with Crippen molar-refractivity contribution < 1.29 is 4.79 Å². The molecule has 1 amide bonds. The number of primary amides is 1. The molecule has 0 fully saturated rings. The topological polar surface area (TPSA) is 110 Å². The Kier molecular flexibility index (Phi) is 5.70. The van der Waals surface area contributed by atoms with Crippen LogP contribution in [0.5, 0.6) is 0 Å². The summed E-state index contributed by atoms with van der Waals surface area (Å²) in [4.78, 5) is 22.6. The van der Waals surface area contributed by atoms with Gasteiger partial charge in [0.05, 0.1) is 5.69 Å². The van der Waals surface area contributed by atoms with Gasteiger partial charge < -0.3 is 21.7 Å². The van der Waals surface area contributed by atoms with Gasteiger partial charge in [0.2, 0.25) is 0 Å². The Balaban J connectivity index is 2.46. The molecule has 7 nitrogen and oxygen atoms in total. The molecule has 2 rings (SSSR count). The van der Waals surface area contributed by atoms with Crippen molar-refractivity contribution in [2.75, 3.05) is 30.9 Å². The van der Waals surface area contributed by atoms with E-state index in [1.54, 1.807) is 0 Å². The molecule has 1 aromatic heterocycles. The number of carbonyl (C=O) groups is 1. The van der Waals surface area contributed by atoms with Crippen molar-refractivity contribution in [1.82, 2.24) is 9.97 Å². The summed E-state index contributed by atoms with van der Waals surface area (Å²) in [6, 6.07) is 7.81. The molecule has 1 heterocycles. The molecular formula is C17H24N6O. The van der Waals surface area contributed by atoms with E-state index in [2.05, 4.69) is 15.3 Å². The van der Waals surface area contributed by atoms with Crippen molar-refractivity contribution in [2.45, 2.75) is 19.8 Å². The van der Waals surface area contributed by atoms with Gasteiger partial charge in [0.15, 0.2) is 17.3 Å². The third-order valence-corrected chi connectivity index (χ3v) is 3.56. The van der Waals surface area contributed by atoms with Crippen LogP contribution in [0.3, 0.4) is 0 Å². The lowest BCUT2D eigenvalue weighted by atomic mass is 10.1. The molecule has 5 N–H and O–H groups in total. The molecule has 1 aromatic carbocycles. The molecule has 24 heavy (non-hydrogen) atoms. The number of nitrogens with zero attached hydrogens (tertiary/aromatic N) is 3. The average Bonchev–Trinajstić information content (AvgIpc) is 2.54. The molecule has 7 heteroatoms. The quantitative estimate of drug-likeness (QED) is 0.709. The van der Waals surface area contributed by atoms with Crippen LogP contribution in [0.25, 0.3) is 0 Å². The predicted molar refractivity (Wildman–Crippen MR) is 96.7 cm³/mol. The number of nitrogens with one attached hydrogen (secondary N) is 1. The van der Waals surface area contributed by atoms with Gasteiger partial charge in [0, 0.05) is 19.8 Å². The van der Waals surface area contributed by atoms with Crippen molar-refractivity contribution in [3.05, 3.63) is 41.2 Å². The first kappa shape index (κ1) is 17.7. The molecule has 0 spiro atoms. The lowest BCUT2D eigenvalue weighted by Crippen LogP contribution is -2.21. The van der Waals surface area contributed by atoms with Crippen LogP contribution < -0.4 is 21.7 Å². The van der Waals surface area contributed by atoms with E-state index in [0.717, 1.165) is 23.4 Å². The van der Waals surface area contributed by atoms with Crippen molar-refractivity contribution in [1.29, 1.82) is 0 Å². The zero-order valence-corrected chi connectivity index (χ0v) is 14.3. The lowest BCUT2D eigenvalue weighted by molar-refractivity contribution is 0.0996. The third kappa shape index (κ3) is 3.99. The summed E-state index contributed by atoms with van der Waals surface area (Å²) in [5.41, 5.74) is 13.9. The largest absolute Gasteiger partial charge is 0.364 e. The Morgan fingerprint density at radius 1 is 1.29 bits per heavy atom. The van der Waals surface area contributed by atoms with Gasteiger partial charge in [-0.2, -0.15) is 0 Å². The van der Waals surface area contributed by atoms with Gasteiger partial charge >= 0.3 is 0 Å². The van der Waals surface area contributed by atoms with Crippen molar-refractivity contribution >= 4 is 23.2 Å². The van der Waals surface area contributed by atoms with E-state index in [0.29, 0.717) is 24.6 Å². The van der Waals surface area contributed by atoms with E-state index in [9.17, 15) is 4.79 Å². The van der Waals surface area contributed by atoms with Crippen LogP contribution in [-0.4, -0.2) is 36.5 Å². The zero-order valence-electron chi connectivity index (χ0n) is 14.3. The Morgan fingerprint density at radius 2 is 2.04 bits per heavy atom. The lowest BCUT2D eigenvalue weighted by Gasteiger charge is -2.18. The molecule has 0 bridgehead atoms. The first-order valence-corrected chi connectivity index (χ1v) is 7.90. The van der Waals surface area contributed by atoms with Gasteiger partial charge in [-0.05, 0) is 37.1 Å². The highest BCUT2D eigenvalue weighted by molar-refractivity contribution is 5.96. The van der Waals surface area contributed by atoms with Gasteiger partial charge in [0.25, 0.3) is 5.91 Å². The van der Waals surface area contributed by atoms with Crippen molar-refractivity contribution in [2.24, 2.45) is 11.5 Å². The number of hydrogen-bond acceptors (Lipinski definition) is 6. The van der Waals surface area contributed by atoms with Crippen LogP contribution in [0, 0.1) is 0 Å². The summed E-state index contributed by atoms with van der Waals surface area (Å²) in [5, 5.41) is 3.16. The van der Waals surface area contributed by atoms with Crippen LogP contribution in [0.2, 0.25) is 0 Å². The summed E-state index contributed by atoms with van der Waals surface area (Å²) in [5.74, 6) is 0.458. The number of aryl methyl sites for hydroxylation is 1. The van der Waals surface area contributed by atoms with Gasteiger partial charge in [-0.25, -0.2) is 9.97 Å². The van der Waals surface area contributed by atoms with Crippen molar-refractivity contribution in [3.63, 3.8) is 0 Å². The Labute approximate surface area is 142 Å². The summed E-state index contributed by atoms with van der Waals surface area (Å²) >= 11 is 0. The highest BCUT2D eigenvalue weighted by Crippen LogP contribution is 2.24. The standard InChI is InChI=1S/C17H24N6O/c1-4-13-17(23(2)3)22-16(14(21-13)15(19)24)20-12-7-5-6-11(10-12)8-9-18/h5-7,10H,4,8-9,18H2,1-3H3,(H2,19,24)(H,20,22). The minimum Gasteiger partial charge on any atom is -0.364 e. The molecule has 0 aliphatic heterocycles. The van der Waals surface area contributed by atoms with E-state index in [-0.39, 0.29) is 5.69 Å². The molecule has 128 valence electrons. The second-order valence-corrected chi connectivity index (χ2v) is 5.67. The highest BCUT2D eigenvalue weighted by atomic mass is 16.1. The van der Waals surface area contributed by atoms with Crippen LogP contribution in [0.4, 0.5) is 17.3 Å². The van der Waals surface area contributed by atoms with E-state index in [1.165, 1.54) is 0 Å². The fourth-order valence-corrected chi connectivity index (χ4v) is 2.42. The fourth-order valence-electron chi connectivity index (χ4n) is 2.42. The first-order valence-electron chi connectivity index (χ1n) is 7.90. The zero-order chi connectivity index (χ0) is 17.7. The molecule has 0 unspecified atom stereocenters. The molecule has 0 aliphatic carbocycles. The van der Waals surface area contributed by atoms with Crippen LogP contribution in [-0.2, 0) is 12.8 Å². The number of hydrogen-bond donors (Lipinski definition) is 3. The highest BCUT2D eigenvalue weighted by Gasteiger charge is 2.18. The van der Waals surface area contributed by atoms with Gasteiger partial charge in [-0.1, -0.05) is 19.1 Å². The normalized spacial score (nSPS) is 10.5. The SMILES string of the molecule is CCc1nc(C(N)=O)c(Nc2cccc(CCN)c2)nc1N(C)C. The second-order valence-electron chi connectivity index (χ2n) is 5.67. The maximum Gasteiger partial charge on any atom is 0.271 e. The van der Waals surface area contributed by atoms with Crippen LogP contribution in [0.1, 0.15) is 28.7 Å². The number of benzene rings is 1. The maximum atomic E-state index is 11.8. The van der Waals surface area contributed by atoms with E-state index >= 15 is 0 Å². The van der Waals surface area contributed by atoms with Gasteiger partial charge in [-0.15, -0.1) is 0 Å². The smallest absolute Gasteiger partial charge is 0.271 e. The maximum absolute atomic E-state index is 11.8. The minimum atomic E-state index is -0.608. The Hall–Kier alpha value is -2.67. The Morgan fingerprint density at radius 3 is 2.62 bits per heavy atom. The van der Waals surface area contributed by atoms with Crippen LogP contribution in [0.15, 0.2) is 24.3 Å². The third-order valence-electron chi connectivity index (χ3n) is 3.56. The number of aromatic nitrogens is 2. The second kappa shape index (κ2) is 7.74. The number of rotatable bonds is 7. The van der Waals surface area contributed by atoms with Crippen LogP contribution >= 0.6 is 0 Å².